The molecule has 1 aliphatic heterocycles. The van der Waals surface area contributed by atoms with Gasteiger partial charge in [-0.25, -0.2) is 0 Å². The predicted molar refractivity (Wildman–Crippen MR) is 38.3 cm³/mol. The van der Waals surface area contributed by atoms with Crippen LogP contribution in [0.4, 0.5) is 0 Å². The van der Waals surface area contributed by atoms with E-state index in [0.29, 0.717) is 0 Å². The largest absolute Gasteiger partial charge is 0.289 e. The number of carbonyl (C=O) groups excluding carboxylic acids is 2. The average molecular weight is 141 g/mol. The molecular formula is C7H11NO2. The highest BCUT2D eigenvalue weighted by Gasteiger charge is 2.06. The number of hydrogen-bond donors (Lipinski definition) is 1. The van der Waals surface area contributed by atoms with Crippen molar-refractivity contribution >= 4 is 11.8 Å². The summed E-state index contributed by atoms with van der Waals surface area (Å²) in [5.74, 6) is -0.657. The minimum absolute atomic E-state index is 0.329. The van der Waals surface area contributed by atoms with Gasteiger partial charge < -0.3 is 0 Å². The Morgan fingerprint density at radius 1 is 1.20 bits per heavy atom. The molecule has 1 rings (SSSR count). The molecule has 56 valence electrons. The van der Waals surface area contributed by atoms with Crippen LogP contribution >= 0.6 is 0 Å². The third-order valence-electron chi connectivity index (χ3n) is 0.632. The van der Waals surface area contributed by atoms with Crippen LogP contribution in [0.25, 0.3) is 0 Å². The van der Waals surface area contributed by atoms with Gasteiger partial charge in [-0.3, -0.25) is 14.9 Å². The minimum Gasteiger partial charge on any atom is -0.289 e. The first-order valence-electron chi connectivity index (χ1n) is 3.23. The topological polar surface area (TPSA) is 46.2 Å². The maximum Gasteiger partial charge on any atom is 0.250 e. The molecule has 1 N–H and O–H groups in total. The van der Waals surface area contributed by atoms with Gasteiger partial charge in [0, 0.05) is 12.2 Å². The molecule has 0 saturated heterocycles. The van der Waals surface area contributed by atoms with Gasteiger partial charge in [-0.05, 0) is 0 Å². The van der Waals surface area contributed by atoms with Crippen LogP contribution in [0, 0.1) is 0 Å². The number of hydrogen-bond acceptors (Lipinski definition) is 2. The zero-order chi connectivity index (χ0) is 7.98. The predicted octanol–water partition coefficient (Wildman–Crippen LogP) is 0.615. The number of carbonyl (C=O) groups is 2. The standard InChI is InChI=1S/C4H3NO2.C3H8/c6-3-1-2-4(7)5-3;1-3-2/h1-2H,(H,5,6,7);3H2,1-2H3. The highest BCUT2D eigenvalue weighted by atomic mass is 16.2. The van der Waals surface area contributed by atoms with Gasteiger partial charge in [-0.2, -0.15) is 0 Å². The second kappa shape index (κ2) is 4.73. The van der Waals surface area contributed by atoms with E-state index in [4.69, 9.17) is 0 Å². The monoisotopic (exact) mass is 141 g/mol. The normalized spacial score (nSPS) is 14.2. The lowest BCUT2D eigenvalue weighted by molar-refractivity contribution is -0.123. The molecule has 0 fully saturated rings. The summed E-state index contributed by atoms with van der Waals surface area (Å²) in [7, 11) is 0. The maximum atomic E-state index is 10.0. The van der Waals surface area contributed by atoms with Crippen molar-refractivity contribution in [2.45, 2.75) is 20.3 Å². The second-order valence-electron chi connectivity index (χ2n) is 1.89. The molecule has 0 spiro atoms. The van der Waals surface area contributed by atoms with Crippen LogP contribution in [0.15, 0.2) is 12.2 Å². The molecule has 0 aliphatic carbocycles. The molecule has 0 saturated carbocycles. The third-order valence-corrected chi connectivity index (χ3v) is 0.632. The molecule has 0 aromatic carbocycles. The Balaban J connectivity index is 0.000000236. The quantitative estimate of drug-likeness (QED) is 0.502. The first-order chi connectivity index (χ1) is 4.70. The van der Waals surface area contributed by atoms with Gasteiger partial charge in [0.15, 0.2) is 0 Å². The van der Waals surface area contributed by atoms with Crippen LogP contribution in [-0.4, -0.2) is 11.8 Å². The van der Waals surface area contributed by atoms with E-state index in [-0.39, 0.29) is 11.8 Å². The Morgan fingerprint density at radius 3 is 1.60 bits per heavy atom. The van der Waals surface area contributed by atoms with E-state index in [2.05, 4.69) is 13.8 Å². The summed E-state index contributed by atoms with van der Waals surface area (Å²) in [5.41, 5.74) is 0. The van der Waals surface area contributed by atoms with Gasteiger partial charge in [0.25, 0.3) is 11.8 Å². The Bertz CT molecular complexity index is 145. The van der Waals surface area contributed by atoms with Crippen LogP contribution in [0.1, 0.15) is 20.3 Å². The molecule has 0 radical (unpaired) electrons. The lowest BCUT2D eigenvalue weighted by Crippen LogP contribution is -2.19. The highest BCUT2D eigenvalue weighted by Crippen LogP contribution is 1.82. The van der Waals surface area contributed by atoms with E-state index in [9.17, 15) is 9.59 Å². The number of rotatable bonds is 0. The van der Waals surface area contributed by atoms with Crippen molar-refractivity contribution < 1.29 is 9.59 Å². The molecule has 0 bridgehead atoms. The Kier molecular flexibility index (Phi) is 4.20. The zero-order valence-electron chi connectivity index (χ0n) is 6.18. The van der Waals surface area contributed by atoms with Crippen molar-refractivity contribution in [3.8, 4) is 0 Å². The van der Waals surface area contributed by atoms with Crippen molar-refractivity contribution in [2.75, 3.05) is 0 Å². The number of nitrogens with one attached hydrogen (secondary N) is 1. The molecule has 2 amide bonds. The first kappa shape index (κ1) is 8.88. The molecule has 1 heterocycles. The zero-order valence-corrected chi connectivity index (χ0v) is 6.18. The van der Waals surface area contributed by atoms with Gasteiger partial charge in [0.05, 0.1) is 0 Å². The van der Waals surface area contributed by atoms with E-state index in [0.717, 1.165) is 0 Å². The van der Waals surface area contributed by atoms with Crippen LogP contribution < -0.4 is 5.32 Å². The van der Waals surface area contributed by atoms with Gasteiger partial charge in [-0.15, -0.1) is 0 Å². The molecule has 10 heavy (non-hydrogen) atoms. The average Bonchev–Trinajstić information content (AvgIpc) is 2.17. The molecule has 0 unspecified atom stereocenters. The number of imide groups is 1. The van der Waals surface area contributed by atoms with Crippen LogP contribution in [0.2, 0.25) is 0 Å². The summed E-state index contributed by atoms with van der Waals surface area (Å²) in [6.45, 7) is 4.25. The Labute approximate surface area is 60.1 Å². The molecular weight excluding hydrogens is 130 g/mol. The fourth-order valence-electron chi connectivity index (χ4n) is 0.356. The van der Waals surface area contributed by atoms with E-state index in [1.54, 1.807) is 0 Å². The molecule has 1 aliphatic rings. The van der Waals surface area contributed by atoms with Crippen LogP contribution in [-0.2, 0) is 9.59 Å². The van der Waals surface area contributed by atoms with Gasteiger partial charge in [0.2, 0.25) is 0 Å². The second-order valence-corrected chi connectivity index (χ2v) is 1.89. The van der Waals surface area contributed by atoms with Crippen LogP contribution in [0.5, 0.6) is 0 Å². The van der Waals surface area contributed by atoms with Gasteiger partial charge in [0.1, 0.15) is 0 Å². The third kappa shape index (κ3) is 3.83. The first-order valence-corrected chi connectivity index (χ1v) is 3.23. The Morgan fingerprint density at radius 2 is 1.50 bits per heavy atom. The summed E-state index contributed by atoms with van der Waals surface area (Å²) in [6.07, 6.45) is 3.64. The minimum atomic E-state index is -0.329. The fourth-order valence-corrected chi connectivity index (χ4v) is 0.356. The van der Waals surface area contributed by atoms with Crippen molar-refractivity contribution in [2.24, 2.45) is 0 Å². The molecule has 0 aromatic heterocycles. The lowest BCUT2D eigenvalue weighted by atomic mass is 10.6. The van der Waals surface area contributed by atoms with Gasteiger partial charge in [-0.1, -0.05) is 20.3 Å². The summed E-state index contributed by atoms with van der Waals surface area (Å²) in [6, 6.07) is 0. The van der Waals surface area contributed by atoms with E-state index in [1.165, 1.54) is 18.6 Å². The van der Waals surface area contributed by atoms with E-state index in [1.807, 2.05) is 5.32 Å². The smallest absolute Gasteiger partial charge is 0.250 e. The Hall–Kier alpha value is -1.12. The van der Waals surface area contributed by atoms with Crippen molar-refractivity contribution in [3.05, 3.63) is 12.2 Å². The molecule has 3 heteroatoms. The van der Waals surface area contributed by atoms with Crippen LogP contribution in [0.3, 0.4) is 0 Å². The van der Waals surface area contributed by atoms with Crippen molar-refractivity contribution in [3.63, 3.8) is 0 Å². The van der Waals surface area contributed by atoms with E-state index < -0.39 is 0 Å². The SMILES string of the molecule is CCC.O=C1C=CC(=O)N1. The van der Waals surface area contributed by atoms with Gasteiger partial charge >= 0.3 is 0 Å². The fraction of sp³-hybridized carbons (Fsp3) is 0.429. The maximum absolute atomic E-state index is 10.0. The molecule has 3 nitrogen and oxygen atoms in total. The summed E-state index contributed by atoms with van der Waals surface area (Å²) < 4.78 is 0. The van der Waals surface area contributed by atoms with Crippen molar-refractivity contribution in [1.29, 1.82) is 0 Å². The summed E-state index contributed by atoms with van der Waals surface area (Å²) in [5, 5.41) is 2.03. The highest BCUT2D eigenvalue weighted by molar-refractivity contribution is 6.12. The molecule has 0 aromatic rings. The van der Waals surface area contributed by atoms with Crippen molar-refractivity contribution in [1.82, 2.24) is 5.32 Å². The molecule has 0 atom stereocenters. The van der Waals surface area contributed by atoms with E-state index >= 15 is 0 Å². The summed E-state index contributed by atoms with van der Waals surface area (Å²) in [4.78, 5) is 20.1. The lowest BCUT2D eigenvalue weighted by Gasteiger charge is -1.80. The number of amides is 2. The summed E-state index contributed by atoms with van der Waals surface area (Å²) >= 11 is 0.